The minimum absolute atomic E-state index is 0.108. The third-order valence-corrected chi connectivity index (χ3v) is 12.4. The zero-order chi connectivity index (χ0) is 25.8. The number of allylic oxidation sites excluding steroid dienone is 1. The maximum atomic E-state index is 12.9. The highest BCUT2D eigenvalue weighted by molar-refractivity contribution is 5.97. The predicted molar refractivity (Wildman–Crippen MR) is 150 cm³/mol. The maximum Gasteiger partial charge on any atom is 0.166 e. The summed E-state index contributed by atoms with van der Waals surface area (Å²) >= 11 is 0. The molecule has 202 valence electrons. The van der Waals surface area contributed by atoms with Gasteiger partial charge in [0.05, 0.1) is 6.10 Å². The zero-order valence-corrected chi connectivity index (χ0v) is 23.5. The quantitative estimate of drug-likeness (QED) is 0.342. The molecule has 0 radical (unpaired) electrons. The normalized spacial score (nSPS) is 41.3. The van der Waals surface area contributed by atoms with E-state index in [1.807, 2.05) is 30.3 Å². The SMILES string of the molecule is C[C@H](CN1CCC(C(=O)c2ccccc2)CC1)[C@H]1CC[C@H]2[C@@H]3CC=C4C[C@@H](O)CC[C@]4(C)[C@H]3CC[C@]12C. The number of likely N-dealkylation sites (tertiary alicyclic amines) is 1. The fourth-order valence-corrected chi connectivity index (χ4v) is 10.4. The van der Waals surface area contributed by atoms with Crippen LogP contribution < -0.4 is 0 Å². The van der Waals surface area contributed by atoms with Crippen LogP contribution >= 0.6 is 0 Å². The van der Waals surface area contributed by atoms with Gasteiger partial charge in [-0.2, -0.15) is 0 Å². The van der Waals surface area contributed by atoms with Gasteiger partial charge in [-0.15, -0.1) is 0 Å². The van der Waals surface area contributed by atoms with Crippen LogP contribution in [0.2, 0.25) is 0 Å². The Labute approximate surface area is 225 Å². The summed E-state index contributed by atoms with van der Waals surface area (Å²) in [6.07, 6.45) is 14.5. The molecule has 6 rings (SSSR count). The average molecular weight is 504 g/mol. The molecule has 1 aliphatic heterocycles. The number of piperidine rings is 1. The van der Waals surface area contributed by atoms with E-state index in [9.17, 15) is 9.90 Å². The van der Waals surface area contributed by atoms with Crippen LogP contribution in [-0.4, -0.2) is 41.5 Å². The van der Waals surface area contributed by atoms with E-state index in [1.54, 1.807) is 5.57 Å². The van der Waals surface area contributed by atoms with Crippen molar-refractivity contribution in [2.24, 2.45) is 46.3 Å². The maximum absolute atomic E-state index is 12.9. The Bertz CT molecular complexity index is 1010. The zero-order valence-electron chi connectivity index (χ0n) is 23.5. The Hall–Kier alpha value is -1.45. The summed E-state index contributed by atoms with van der Waals surface area (Å²) in [6, 6.07) is 9.91. The van der Waals surface area contributed by atoms with Crippen molar-refractivity contribution in [1.82, 2.24) is 4.90 Å². The highest BCUT2D eigenvalue weighted by Gasteiger charge is 2.59. The van der Waals surface area contributed by atoms with Crippen molar-refractivity contribution in [3.63, 3.8) is 0 Å². The summed E-state index contributed by atoms with van der Waals surface area (Å²) in [5.41, 5.74) is 3.30. The van der Waals surface area contributed by atoms with Crippen LogP contribution in [0.3, 0.4) is 0 Å². The number of fused-ring (bicyclic) bond motifs is 5. The first-order valence-corrected chi connectivity index (χ1v) is 15.5. The summed E-state index contributed by atoms with van der Waals surface area (Å²) in [5, 5.41) is 10.3. The van der Waals surface area contributed by atoms with Crippen LogP contribution in [0.15, 0.2) is 42.0 Å². The van der Waals surface area contributed by atoms with Gasteiger partial charge in [-0.05, 0) is 118 Å². The summed E-state index contributed by atoms with van der Waals surface area (Å²) in [4.78, 5) is 15.6. The lowest BCUT2D eigenvalue weighted by molar-refractivity contribution is -0.0588. The van der Waals surface area contributed by atoms with Crippen molar-refractivity contribution in [2.45, 2.75) is 91.1 Å². The Morgan fingerprint density at radius 2 is 1.76 bits per heavy atom. The summed E-state index contributed by atoms with van der Waals surface area (Å²) in [5.74, 6) is 4.64. The van der Waals surface area contributed by atoms with Gasteiger partial charge >= 0.3 is 0 Å². The fourth-order valence-electron chi connectivity index (χ4n) is 10.4. The predicted octanol–water partition coefficient (Wildman–Crippen LogP) is 7.16. The first kappa shape index (κ1) is 25.8. The van der Waals surface area contributed by atoms with E-state index < -0.39 is 0 Å². The number of aliphatic hydroxyl groups is 1. The van der Waals surface area contributed by atoms with E-state index in [1.165, 1.54) is 45.1 Å². The molecule has 1 N–H and O–H groups in total. The van der Waals surface area contributed by atoms with Crippen LogP contribution in [0.25, 0.3) is 0 Å². The number of Topliss-reactive ketones (excluding diaryl/α,β-unsaturated/α-hetero) is 1. The van der Waals surface area contributed by atoms with Crippen molar-refractivity contribution >= 4 is 5.78 Å². The molecule has 0 aromatic heterocycles. The van der Waals surface area contributed by atoms with Gasteiger partial charge in [-0.3, -0.25) is 4.79 Å². The highest BCUT2D eigenvalue weighted by Crippen LogP contribution is 2.67. The van der Waals surface area contributed by atoms with Crippen molar-refractivity contribution in [3.8, 4) is 0 Å². The molecule has 1 aromatic rings. The van der Waals surface area contributed by atoms with Gasteiger partial charge < -0.3 is 10.0 Å². The standard InChI is InChI=1S/C34H49NO2/c1-23(22-35-19-15-25(16-20-35)32(37)24-7-5-4-6-8-24)29-11-12-30-28-10-9-26-21-27(36)13-17-33(26,2)31(28)14-18-34(29,30)3/h4-9,23,25,27-31,36H,10-22H2,1-3H3/t23-,27+,28+,29-,30+,31+,33+,34-/m1/s1. The number of rotatable bonds is 5. The molecule has 0 spiro atoms. The molecule has 0 amide bonds. The molecular weight excluding hydrogens is 454 g/mol. The monoisotopic (exact) mass is 503 g/mol. The van der Waals surface area contributed by atoms with Crippen molar-refractivity contribution in [1.29, 1.82) is 0 Å². The Morgan fingerprint density at radius 3 is 2.51 bits per heavy atom. The molecule has 37 heavy (non-hydrogen) atoms. The molecule has 1 heterocycles. The number of carbonyl (C=O) groups excluding carboxylic acids is 1. The molecule has 1 saturated heterocycles. The smallest absolute Gasteiger partial charge is 0.166 e. The Balaban J connectivity index is 1.08. The van der Waals surface area contributed by atoms with Gasteiger partial charge in [-0.1, -0.05) is 62.8 Å². The molecule has 5 aliphatic rings. The minimum Gasteiger partial charge on any atom is -0.393 e. The van der Waals surface area contributed by atoms with Crippen molar-refractivity contribution < 1.29 is 9.90 Å². The molecule has 0 unspecified atom stereocenters. The van der Waals surface area contributed by atoms with E-state index >= 15 is 0 Å². The largest absolute Gasteiger partial charge is 0.393 e. The topological polar surface area (TPSA) is 40.5 Å². The molecule has 4 aliphatic carbocycles. The van der Waals surface area contributed by atoms with Crippen LogP contribution in [0.1, 0.15) is 95.3 Å². The second-order valence-corrected chi connectivity index (χ2v) is 14.2. The molecule has 3 saturated carbocycles. The van der Waals surface area contributed by atoms with Crippen molar-refractivity contribution in [3.05, 3.63) is 47.5 Å². The van der Waals surface area contributed by atoms with Gasteiger partial charge in [0.2, 0.25) is 0 Å². The van der Waals surface area contributed by atoms with E-state index in [-0.39, 0.29) is 12.0 Å². The van der Waals surface area contributed by atoms with Crippen LogP contribution in [-0.2, 0) is 0 Å². The minimum atomic E-state index is -0.108. The molecular formula is C34H49NO2. The van der Waals surface area contributed by atoms with Gasteiger partial charge in [0.15, 0.2) is 5.78 Å². The lowest BCUT2D eigenvalue weighted by Gasteiger charge is -2.58. The number of hydrogen-bond acceptors (Lipinski definition) is 3. The van der Waals surface area contributed by atoms with Crippen LogP contribution in [0, 0.1) is 46.3 Å². The lowest BCUT2D eigenvalue weighted by Crippen LogP contribution is -2.51. The highest BCUT2D eigenvalue weighted by atomic mass is 16.3. The second-order valence-electron chi connectivity index (χ2n) is 14.2. The number of nitrogens with zero attached hydrogens (tertiary/aromatic N) is 1. The van der Waals surface area contributed by atoms with E-state index in [4.69, 9.17) is 0 Å². The number of aliphatic hydroxyl groups excluding tert-OH is 1. The van der Waals surface area contributed by atoms with Gasteiger partial charge in [0.25, 0.3) is 0 Å². The number of carbonyl (C=O) groups is 1. The van der Waals surface area contributed by atoms with Crippen LogP contribution in [0.4, 0.5) is 0 Å². The number of benzene rings is 1. The molecule has 8 atom stereocenters. The van der Waals surface area contributed by atoms with Crippen molar-refractivity contribution in [2.75, 3.05) is 19.6 Å². The first-order valence-electron chi connectivity index (χ1n) is 15.5. The Morgan fingerprint density at radius 1 is 1.00 bits per heavy atom. The summed E-state index contributed by atoms with van der Waals surface area (Å²) < 4.78 is 0. The fraction of sp³-hybridized carbons (Fsp3) is 0.735. The first-order chi connectivity index (χ1) is 17.8. The Kier molecular flexibility index (Phi) is 6.93. The summed E-state index contributed by atoms with van der Waals surface area (Å²) in [7, 11) is 0. The number of ketones is 1. The van der Waals surface area contributed by atoms with Crippen LogP contribution in [0.5, 0.6) is 0 Å². The average Bonchev–Trinajstić information content (AvgIpc) is 3.27. The third kappa shape index (κ3) is 4.46. The van der Waals surface area contributed by atoms with Gasteiger partial charge in [0.1, 0.15) is 0 Å². The number of hydrogen-bond donors (Lipinski definition) is 1. The van der Waals surface area contributed by atoms with Gasteiger partial charge in [0, 0.05) is 18.0 Å². The third-order valence-electron chi connectivity index (χ3n) is 12.4. The van der Waals surface area contributed by atoms with Gasteiger partial charge in [-0.25, -0.2) is 0 Å². The van der Waals surface area contributed by atoms with E-state index in [0.717, 1.165) is 73.9 Å². The molecule has 0 bridgehead atoms. The lowest BCUT2D eigenvalue weighted by atomic mass is 9.47. The summed E-state index contributed by atoms with van der Waals surface area (Å²) in [6.45, 7) is 11.1. The second kappa shape index (κ2) is 9.94. The molecule has 4 fully saturated rings. The molecule has 3 heteroatoms. The molecule has 3 nitrogen and oxygen atoms in total. The van der Waals surface area contributed by atoms with E-state index in [2.05, 4.69) is 31.7 Å². The molecule has 1 aromatic carbocycles. The van der Waals surface area contributed by atoms with E-state index in [0.29, 0.717) is 16.6 Å².